The van der Waals surface area contributed by atoms with E-state index in [9.17, 15) is 4.79 Å². The summed E-state index contributed by atoms with van der Waals surface area (Å²) in [6.07, 6.45) is 4.70. The second-order valence-electron chi connectivity index (χ2n) is 3.80. The van der Waals surface area contributed by atoms with Crippen LogP contribution in [0.25, 0.3) is 0 Å². The van der Waals surface area contributed by atoms with Crippen LogP contribution in [0.15, 0.2) is 4.79 Å². The van der Waals surface area contributed by atoms with Gasteiger partial charge in [0.25, 0.3) is 0 Å². The molecule has 0 spiro atoms. The average Bonchev–Trinajstić information content (AvgIpc) is 2.93. The van der Waals surface area contributed by atoms with Crippen molar-refractivity contribution in [3.05, 3.63) is 10.5 Å². The monoisotopic (exact) mass is 166 g/mol. The molecule has 1 heterocycles. The maximum atomic E-state index is 11.2. The van der Waals surface area contributed by atoms with E-state index >= 15 is 0 Å². The van der Waals surface area contributed by atoms with Crippen LogP contribution in [0.2, 0.25) is 0 Å². The molecule has 2 aliphatic carbocycles. The van der Waals surface area contributed by atoms with Crippen molar-refractivity contribution in [2.45, 2.75) is 31.2 Å². The SMILES string of the molecule is O=c1[nH]nnn1C1(C2CC2)CC1. The van der Waals surface area contributed by atoms with Crippen LogP contribution in [-0.2, 0) is 5.54 Å². The molecule has 0 aliphatic heterocycles. The zero-order valence-electron chi connectivity index (χ0n) is 6.66. The Labute approximate surface area is 68.8 Å². The van der Waals surface area contributed by atoms with Gasteiger partial charge in [-0.1, -0.05) is 0 Å². The molecule has 0 bridgehead atoms. The molecule has 5 nitrogen and oxygen atoms in total. The maximum Gasteiger partial charge on any atom is 0.361 e. The van der Waals surface area contributed by atoms with Gasteiger partial charge in [-0.15, -0.1) is 0 Å². The summed E-state index contributed by atoms with van der Waals surface area (Å²) in [5.41, 5.74) is -0.0798. The Balaban J connectivity index is 2.07. The maximum absolute atomic E-state index is 11.2. The Kier molecular flexibility index (Phi) is 0.950. The summed E-state index contributed by atoms with van der Waals surface area (Å²) in [5, 5.41) is 9.67. The van der Waals surface area contributed by atoms with Gasteiger partial charge in [0.05, 0.1) is 5.54 Å². The molecule has 0 saturated heterocycles. The van der Waals surface area contributed by atoms with E-state index in [4.69, 9.17) is 0 Å². The quantitative estimate of drug-likeness (QED) is 0.665. The Morgan fingerprint density at radius 3 is 2.67 bits per heavy atom. The molecule has 2 saturated carbocycles. The first kappa shape index (κ1) is 6.39. The summed E-state index contributed by atoms with van der Waals surface area (Å²) < 4.78 is 1.55. The minimum atomic E-state index is -0.153. The van der Waals surface area contributed by atoms with E-state index in [1.165, 1.54) is 12.8 Å². The van der Waals surface area contributed by atoms with Gasteiger partial charge in [-0.2, -0.15) is 4.68 Å². The lowest BCUT2D eigenvalue weighted by atomic mass is 10.1. The van der Waals surface area contributed by atoms with Gasteiger partial charge >= 0.3 is 5.69 Å². The highest BCUT2D eigenvalue weighted by Gasteiger charge is 2.57. The summed E-state index contributed by atoms with van der Waals surface area (Å²) in [4.78, 5) is 11.2. The number of aromatic amines is 1. The molecule has 0 aromatic carbocycles. The lowest BCUT2D eigenvalue weighted by Crippen LogP contribution is -2.31. The molecule has 1 aromatic heterocycles. The van der Waals surface area contributed by atoms with Gasteiger partial charge in [-0.25, -0.2) is 9.89 Å². The molecule has 0 amide bonds. The minimum Gasteiger partial charge on any atom is -0.244 e. The molecule has 12 heavy (non-hydrogen) atoms. The van der Waals surface area contributed by atoms with Crippen LogP contribution in [0.5, 0.6) is 0 Å². The predicted molar refractivity (Wildman–Crippen MR) is 40.6 cm³/mol. The third-order valence-electron chi connectivity index (χ3n) is 2.99. The lowest BCUT2D eigenvalue weighted by molar-refractivity contribution is 0.361. The minimum absolute atomic E-state index is 0.0735. The number of hydrogen-bond donors (Lipinski definition) is 1. The summed E-state index contributed by atoms with van der Waals surface area (Å²) in [5.74, 6) is 0.695. The summed E-state index contributed by atoms with van der Waals surface area (Å²) in [7, 11) is 0. The highest BCUT2D eigenvalue weighted by molar-refractivity contribution is 5.07. The Hall–Kier alpha value is -1.13. The zero-order chi connectivity index (χ0) is 8.18. The van der Waals surface area contributed by atoms with Gasteiger partial charge in [0.15, 0.2) is 0 Å². The molecule has 64 valence electrons. The summed E-state index contributed by atoms with van der Waals surface area (Å²) >= 11 is 0. The van der Waals surface area contributed by atoms with Crippen molar-refractivity contribution in [3.63, 3.8) is 0 Å². The lowest BCUT2D eigenvalue weighted by Gasteiger charge is -2.10. The molecule has 2 aliphatic rings. The molecule has 3 rings (SSSR count). The molecule has 2 fully saturated rings. The molecule has 1 aromatic rings. The Bertz CT molecular complexity index is 357. The van der Waals surface area contributed by atoms with Crippen molar-refractivity contribution < 1.29 is 0 Å². The molecule has 5 heteroatoms. The van der Waals surface area contributed by atoms with Crippen molar-refractivity contribution in [1.29, 1.82) is 0 Å². The highest BCUT2D eigenvalue weighted by atomic mass is 16.2. The molecular weight excluding hydrogens is 156 g/mol. The summed E-state index contributed by atoms with van der Waals surface area (Å²) in [6.45, 7) is 0. The van der Waals surface area contributed by atoms with Crippen molar-refractivity contribution in [3.8, 4) is 0 Å². The van der Waals surface area contributed by atoms with Crippen LogP contribution >= 0.6 is 0 Å². The fourth-order valence-corrected chi connectivity index (χ4v) is 2.03. The van der Waals surface area contributed by atoms with Crippen LogP contribution in [-0.4, -0.2) is 20.2 Å². The number of rotatable bonds is 2. The molecule has 1 N–H and O–H groups in total. The molecule has 0 unspecified atom stereocenters. The van der Waals surface area contributed by atoms with Crippen molar-refractivity contribution >= 4 is 0 Å². The van der Waals surface area contributed by atoms with Crippen LogP contribution in [0.3, 0.4) is 0 Å². The van der Waals surface area contributed by atoms with Crippen LogP contribution in [0.4, 0.5) is 0 Å². The summed E-state index contributed by atoms with van der Waals surface area (Å²) in [6, 6.07) is 0. The van der Waals surface area contributed by atoms with E-state index in [2.05, 4.69) is 15.5 Å². The third-order valence-corrected chi connectivity index (χ3v) is 2.99. The van der Waals surface area contributed by atoms with Gasteiger partial charge in [-0.05, 0) is 42.0 Å². The topological polar surface area (TPSA) is 63.6 Å². The van der Waals surface area contributed by atoms with Crippen LogP contribution < -0.4 is 5.69 Å². The Morgan fingerprint density at radius 1 is 1.50 bits per heavy atom. The van der Waals surface area contributed by atoms with Gasteiger partial charge in [-0.3, -0.25) is 0 Å². The van der Waals surface area contributed by atoms with Gasteiger partial charge in [0, 0.05) is 0 Å². The van der Waals surface area contributed by atoms with Crippen LogP contribution in [0, 0.1) is 5.92 Å². The smallest absolute Gasteiger partial charge is 0.244 e. The number of nitrogens with one attached hydrogen (secondary N) is 1. The van der Waals surface area contributed by atoms with Crippen molar-refractivity contribution in [2.75, 3.05) is 0 Å². The number of hydrogen-bond acceptors (Lipinski definition) is 3. The molecular formula is C7H10N4O. The number of tetrazole rings is 1. The van der Waals surface area contributed by atoms with Crippen molar-refractivity contribution in [2.24, 2.45) is 5.92 Å². The van der Waals surface area contributed by atoms with E-state index in [-0.39, 0.29) is 11.2 Å². The van der Waals surface area contributed by atoms with E-state index in [0.29, 0.717) is 5.92 Å². The fourth-order valence-electron chi connectivity index (χ4n) is 2.03. The van der Waals surface area contributed by atoms with Crippen LogP contribution in [0.1, 0.15) is 25.7 Å². The van der Waals surface area contributed by atoms with Gasteiger partial charge in [0.1, 0.15) is 0 Å². The highest BCUT2D eigenvalue weighted by Crippen LogP contribution is 2.58. The largest absolute Gasteiger partial charge is 0.361 e. The van der Waals surface area contributed by atoms with Gasteiger partial charge in [0.2, 0.25) is 0 Å². The third kappa shape index (κ3) is 0.659. The second-order valence-corrected chi connectivity index (χ2v) is 3.80. The van der Waals surface area contributed by atoms with Crippen molar-refractivity contribution in [1.82, 2.24) is 20.2 Å². The van der Waals surface area contributed by atoms with E-state index in [1.54, 1.807) is 4.68 Å². The number of H-pyrrole nitrogens is 1. The first-order chi connectivity index (χ1) is 5.83. The fraction of sp³-hybridized carbons (Fsp3) is 0.857. The molecule has 0 atom stereocenters. The van der Waals surface area contributed by atoms with E-state index in [0.717, 1.165) is 12.8 Å². The van der Waals surface area contributed by atoms with E-state index < -0.39 is 0 Å². The average molecular weight is 166 g/mol. The first-order valence-electron chi connectivity index (χ1n) is 4.34. The van der Waals surface area contributed by atoms with Gasteiger partial charge < -0.3 is 0 Å². The second kappa shape index (κ2) is 1.78. The molecule has 0 radical (unpaired) electrons. The number of nitrogens with zero attached hydrogens (tertiary/aromatic N) is 3. The number of aromatic nitrogens is 4. The zero-order valence-corrected chi connectivity index (χ0v) is 6.66. The normalized spacial score (nSPS) is 25.7. The standard InChI is InChI=1S/C7H10N4O/c12-6-8-9-10-11(6)7(3-4-7)5-1-2-5/h5H,1-4H2,(H,8,10,12). The Morgan fingerprint density at radius 2 is 2.25 bits per heavy atom. The first-order valence-corrected chi connectivity index (χ1v) is 4.34. The van der Waals surface area contributed by atoms with E-state index in [1.807, 2.05) is 0 Å². The predicted octanol–water partition coefficient (Wildman–Crippen LogP) is -0.135.